The summed E-state index contributed by atoms with van der Waals surface area (Å²) in [5.41, 5.74) is -0.800. The number of carbonyl (C=O) groups excluding carboxylic acids is 2. The van der Waals surface area contributed by atoms with Crippen LogP contribution in [0.4, 0.5) is 17.6 Å². The number of rotatable bonds is 7. The predicted molar refractivity (Wildman–Crippen MR) is 110 cm³/mol. The number of carbonyl (C=O) groups is 2. The molecule has 0 aliphatic carbocycles. The lowest BCUT2D eigenvalue weighted by molar-refractivity contribution is -0.143. The van der Waals surface area contributed by atoms with Gasteiger partial charge in [-0.15, -0.1) is 0 Å². The summed E-state index contributed by atoms with van der Waals surface area (Å²) in [4.78, 5) is 24.4. The Hall–Kier alpha value is -2.86. The van der Waals surface area contributed by atoms with Crippen molar-refractivity contribution in [2.24, 2.45) is 7.05 Å². The van der Waals surface area contributed by atoms with E-state index in [9.17, 15) is 27.2 Å². The molecule has 0 spiro atoms. The zero-order valence-electron chi connectivity index (χ0n) is 17.5. The molecule has 0 saturated carbocycles. The highest BCUT2D eigenvalue weighted by atomic mass is 35.5. The zero-order chi connectivity index (χ0) is 24.2. The Kier molecular flexibility index (Phi) is 7.80. The van der Waals surface area contributed by atoms with Gasteiger partial charge in [0.25, 0.3) is 5.91 Å². The molecule has 33 heavy (non-hydrogen) atoms. The maximum atomic E-state index is 13.4. The van der Waals surface area contributed by atoms with Crippen molar-refractivity contribution in [3.05, 3.63) is 46.5 Å². The van der Waals surface area contributed by atoms with Gasteiger partial charge in [0.1, 0.15) is 17.3 Å². The summed E-state index contributed by atoms with van der Waals surface area (Å²) < 4.78 is 57.8. The van der Waals surface area contributed by atoms with Crippen LogP contribution in [-0.4, -0.2) is 46.8 Å². The van der Waals surface area contributed by atoms with Gasteiger partial charge in [-0.1, -0.05) is 11.6 Å². The third-order valence-corrected chi connectivity index (χ3v) is 5.33. The number of aromatic nitrogens is 2. The van der Waals surface area contributed by atoms with Crippen LogP contribution in [0.3, 0.4) is 0 Å². The quantitative estimate of drug-likeness (QED) is 0.516. The first kappa shape index (κ1) is 24.8. The number of halogens is 5. The third-order valence-electron chi connectivity index (χ3n) is 5.02. The normalized spacial score (nSPS) is 18.6. The van der Waals surface area contributed by atoms with Crippen molar-refractivity contribution in [1.29, 1.82) is 0 Å². The van der Waals surface area contributed by atoms with E-state index in [2.05, 4.69) is 21.0 Å². The van der Waals surface area contributed by atoms with Crippen LogP contribution < -0.4 is 20.7 Å². The summed E-state index contributed by atoms with van der Waals surface area (Å²) in [6.07, 6.45) is -3.60. The molecule has 0 bridgehead atoms. The van der Waals surface area contributed by atoms with E-state index < -0.39 is 29.6 Å². The van der Waals surface area contributed by atoms with Crippen LogP contribution in [0.1, 0.15) is 24.2 Å². The molecule has 1 fully saturated rings. The van der Waals surface area contributed by atoms with Crippen molar-refractivity contribution in [2.45, 2.75) is 37.6 Å². The molecular weight excluding hydrogens is 470 g/mol. The van der Waals surface area contributed by atoms with E-state index in [1.165, 1.54) is 19.2 Å². The molecule has 2 aromatic rings. The molecule has 2 amide bonds. The molecule has 3 rings (SSSR count). The van der Waals surface area contributed by atoms with E-state index in [0.29, 0.717) is 19.4 Å². The fraction of sp³-hybridized carbons (Fsp3) is 0.450. The summed E-state index contributed by atoms with van der Waals surface area (Å²) in [7, 11) is 1.18. The molecule has 1 aliphatic rings. The van der Waals surface area contributed by atoms with Gasteiger partial charge in [-0.05, 0) is 31.0 Å². The van der Waals surface area contributed by atoms with Crippen LogP contribution in [0, 0.1) is 5.82 Å². The average molecular weight is 492 g/mol. The van der Waals surface area contributed by atoms with E-state index in [0.717, 1.165) is 16.8 Å². The smallest absolute Gasteiger partial charge is 0.433 e. The van der Waals surface area contributed by atoms with Crippen molar-refractivity contribution in [1.82, 2.24) is 25.7 Å². The van der Waals surface area contributed by atoms with Crippen LogP contribution >= 0.6 is 11.6 Å². The minimum atomic E-state index is -4.52. The second kappa shape index (κ2) is 10.4. The van der Waals surface area contributed by atoms with Crippen LogP contribution in [0.2, 0.25) is 5.02 Å². The largest absolute Gasteiger partial charge is 0.484 e. The van der Waals surface area contributed by atoms with Gasteiger partial charge in [-0.3, -0.25) is 14.3 Å². The van der Waals surface area contributed by atoms with Crippen LogP contribution in [-0.2, 0) is 29.4 Å². The Balaban J connectivity index is 1.38. The number of piperidine rings is 1. The fourth-order valence-corrected chi connectivity index (χ4v) is 3.49. The molecule has 13 heteroatoms. The summed E-state index contributed by atoms with van der Waals surface area (Å²) >= 11 is 5.59. The highest BCUT2D eigenvalue weighted by Crippen LogP contribution is 2.29. The molecular formula is C20H22ClF4N5O3. The Morgan fingerprint density at radius 1 is 1.30 bits per heavy atom. The fourth-order valence-electron chi connectivity index (χ4n) is 3.37. The molecule has 2 heterocycles. The number of aryl methyl sites for hydroxylation is 1. The first-order chi connectivity index (χ1) is 15.5. The van der Waals surface area contributed by atoms with Gasteiger partial charge in [0.2, 0.25) is 5.91 Å². The van der Waals surface area contributed by atoms with Gasteiger partial charge in [0, 0.05) is 25.7 Å². The number of nitrogens with one attached hydrogen (secondary N) is 3. The summed E-state index contributed by atoms with van der Waals surface area (Å²) in [6, 6.07) is 3.95. The van der Waals surface area contributed by atoms with E-state index in [-0.39, 0.29) is 41.6 Å². The molecule has 0 radical (unpaired) electrons. The Bertz CT molecular complexity index is 1010. The van der Waals surface area contributed by atoms with E-state index >= 15 is 0 Å². The molecule has 1 saturated heterocycles. The molecule has 1 aliphatic heterocycles. The lowest BCUT2D eigenvalue weighted by Crippen LogP contribution is -2.54. The summed E-state index contributed by atoms with van der Waals surface area (Å²) in [6.45, 7) is -0.129. The maximum absolute atomic E-state index is 13.4. The lowest BCUT2D eigenvalue weighted by atomic mass is 10.00. The molecule has 3 N–H and O–H groups in total. The van der Waals surface area contributed by atoms with Crippen LogP contribution in [0.25, 0.3) is 0 Å². The van der Waals surface area contributed by atoms with E-state index in [1.54, 1.807) is 0 Å². The van der Waals surface area contributed by atoms with Gasteiger partial charge in [-0.2, -0.15) is 18.3 Å². The van der Waals surface area contributed by atoms with Gasteiger partial charge in [0.05, 0.1) is 23.3 Å². The minimum absolute atomic E-state index is 0.0511. The molecule has 0 unspecified atom stereocenters. The highest BCUT2D eigenvalue weighted by molar-refractivity contribution is 6.30. The van der Waals surface area contributed by atoms with Crippen LogP contribution in [0.15, 0.2) is 24.3 Å². The first-order valence-corrected chi connectivity index (χ1v) is 10.4. The van der Waals surface area contributed by atoms with Crippen molar-refractivity contribution < 1.29 is 31.9 Å². The predicted octanol–water partition coefficient (Wildman–Crippen LogP) is 2.16. The number of nitrogens with zero attached hydrogens (tertiary/aromatic N) is 2. The molecule has 2 atom stereocenters. The zero-order valence-corrected chi connectivity index (χ0v) is 18.3. The Labute approximate surface area is 191 Å². The number of hydrogen-bond acceptors (Lipinski definition) is 5. The van der Waals surface area contributed by atoms with Crippen molar-refractivity contribution in [3.63, 3.8) is 0 Å². The highest BCUT2D eigenvalue weighted by Gasteiger charge is 2.35. The second-order valence-corrected chi connectivity index (χ2v) is 7.93. The third kappa shape index (κ3) is 6.81. The standard InChI is InChI=1S/C20H22ClF4N5O3/c1-30-17(20(23,24)25)6-12(29-30)9-27-19(32)16-5-2-11(8-26-16)28-18(31)10-33-13-3-4-14(21)15(22)7-13/h3-4,6-7,11,16,26H,2,5,8-10H2,1H3,(H,27,32)(H,28,31)/t11-,16+/m0/s1. The lowest BCUT2D eigenvalue weighted by Gasteiger charge is -2.29. The summed E-state index contributed by atoms with van der Waals surface area (Å²) in [5.74, 6) is -1.26. The molecule has 1 aromatic heterocycles. The monoisotopic (exact) mass is 491 g/mol. The van der Waals surface area contributed by atoms with Crippen LogP contribution in [0.5, 0.6) is 5.75 Å². The topological polar surface area (TPSA) is 97.3 Å². The van der Waals surface area contributed by atoms with Crippen molar-refractivity contribution >= 4 is 23.4 Å². The van der Waals surface area contributed by atoms with Gasteiger partial charge in [0.15, 0.2) is 6.61 Å². The first-order valence-electron chi connectivity index (χ1n) is 10.0. The summed E-state index contributed by atoms with van der Waals surface area (Å²) in [5, 5.41) is 12.0. The maximum Gasteiger partial charge on any atom is 0.433 e. The molecule has 8 nitrogen and oxygen atoms in total. The number of hydrogen-bond donors (Lipinski definition) is 3. The Morgan fingerprint density at radius 3 is 2.67 bits per heavy atom. The SMILES string of the molecule is Cn1nc(CNC(=O)[C@H]2CC[C@H](NC(=O)COc3ccc(Cl)c(F)c3)CN2)cc1C(F)(F)F. The van der Waals surface area contributed by atoms with Gasteiger partial charge < -0.3 is 20.7 Å². The number of alkyl halides is 3. The van der Waals surface area contributed by atoms with Gasteiger partial charge in [-0.25, -0.2) is 4.39 Å². The van der Waals surface area contributed by atoms with Crippen molar-refractivity contribution in [3.8, 4) is 5.75 Å². The second-order valence-electron chi connectivity index (χ2n) is 7.53. The van der Waals surface area contributed by atoms with Crippen molar-refractivity contribution in [2.75, 3.05) is 13.2 Å². The molecule has 1 aromatic carbocycles. The number of benzene rings is 1. The minimum Gasteiger partial charge on any atom is -0.484 e. The number of amides is 2. The molecule has 180 valence electrons. The average Bonchev–Trinajstić information content (AvgIpc) is 3.14. The van der Waals surface area contributed by atoms with E-state index in [4.69, 9.17) is 16.3 Å². The van der Waals surface area contributed by atoms with E-state index in [1.807, 2.05) is 0 Å². The number of ether oxygens (including phenoxy) is 1. The Morgan fingerprint density at radius 2 is 2.06 bits per heavy atom. The van der Waals surface area contributed by atoms with Gasteiger partial charge >= 0.3 is 6.18 Å².